The zero-order valence-corrected chi connectivity index (χ0v) is 11.2. The second-order valence-corrected chi connectivity index (χ2v) is 6.61. The van der Waals surface area contributed by atoms with Gasteiger partial charge in [0.05, 0.1) is 17.9 Å². The van der Waals surface area contributed by atoms with Gasteiger partial charge in [-0.1, -0.05) is 6.07 Å². The van der Waals surface area contributed by atoms with E-state index in [4.69, 9.17) is 0 Å². The van der Waals surface area contributed by atoms with Crippen LogP contribution in [-0.4, -0.2) is 36.0 Å². The summed E-state index contributed by atoms with van der Waals surface area (Å²) < 4.78 is 26.6. The first-order chi connectivity index (χ1) is 8.33. The lowest BCUT2D eigenvalue weighted by atomic mass is 10.3. The Balaban J connectivity index is 2.56. The quantitative estimate of drug-likeness (QED) is 0.734. The largest absolute Gasteiger partial charge is 0.390 e. The van der Waals surface area contributed by atoms with Crippen LogP contribution in [0.5, 0.6) is 0 Å². The highest BCUT2D eigenvalue weighted by atomic mass is 32.2. The van der Waals surface area contributed by atoms with Gasteiger partial charge >= 0.3 is 0 Å². The predicted molar refractivity (Wildman–Crippen MR) is 68.8 cm³/mol. The molecule has 6 nitrogen and oxygen atoms in total. The summed E-state index contributed by atoms with van der Waals surface area (Å²) >= 11 is 0. The van der Waals surface area contributed by atoms with Gasteiger partial charge in [-0.3, -0.25) is 4.79 Å². The molecule has 0 bridgehead atoms. The number of rotatable bonds is 6. The summed E-state index contributed by atoms with van der Waals surface area (Å²) in [6, 6.07) is 4.66. The molecule has 0 radical (unpaired) electrons. The van der Waals surface area contributed by atoms with E-state index in [9.17, 15) is 18.3 Å². The second kappa shape index (κ2) is 6.12. The molecule has 1 heterocycles. The minimum absolute atomic E-state index is 0.0558. The van der Waals surface area contributed by atoms with Crippen molar-refractivity contribution in [3.8, 4) is 0 Å². The maximum Gasteiger partial charge on any atom is 0.250 e. The van der Waals surface area contributed by atoms with E-state index < -0.39 is 21.4 Å². The van der Waals surface area contributed by atoms with Crippen LogP contribution in [0, 0.1) is 0 Å². The van der Waals surface area contributed by atoms with E-state index in [1.54, 1.807) is 32.2 Å². The van der Waals surface area contributed by atoms with Crippen molar-refractivity contribution in [1.82, 2.24) is 9.29 Å². The van der Waals surface area contributed by atoms with Gasteiger partial charge < -0.3 is 9.67 Å². The van der Waals surface area contributed by atoms with Crippen LogP contribution in [0.3, 0.4) is 0 Å². The molecule has 1 aromatic heterocycles. The van der Waals surface area contributed by atoms with Gasteiger partial charge in [-0.15, -0.1) is 0 Å². The molecule has 0 fully saturated rings. The maximum absolute atomic E-state index is 11.5. The summed E-state index contributed by atoms with van der Waals surface area (Å²) in [5.41, 5.74) is -0.233. The normalized spacial score (nSPS) is 13.8. The monoisotopic (exact) mass is 274 g/mol. The summed E-state index contributed by atoms with van der Waals surface area (Å²) in [7, 11) is -3.39. The van der Waals surface area contributed by atoms with E-state index in [2.05, 4.69) is 4.72 Å². The van der Waals surface area contributed by atoms with Crippen LogP contribution in [-0.2, 0) is 16.6 Å². The lowest BCUT2D eigenvalue weighted by molar-refractivity contribution is 0.156. The third-order valence-electron chi connectivity index (χ3n) is 2.45. The molecule has 0 aromatic carbocycles. The fourth-order valence-electron chi connectivity index (χ4n) is 1.28. The maximum atomic E-state index is 11.5. The third kappa shape index (κ3) is 4.25. The Morgan fingerprint density at radius 2 is 2.06 bits per heavy atom. The van der Waals surface area contributed by atoms with Crippen molar-refractivity contribution < 1.29 is 13.5 Å². The minimum Gasteiger partial charge on any atom is -0.390 e. The van der Waals surface area contributed by atoms with Gasteiger partial charge in [-0.25, -0.2) is 13.1 Å². The van der Waals surface area contributed by atoms with Crippen LogP contribution >= 0.6 is 0 Å². The van der Waals surface area contributed by atoms with Crippen LogP contribution in [0.25, 0.3) is 0 Å². The Morgan fingerprint density at radius 1 is 1.39 bits per heavy atom. The molecular formula is C11H18N2O4S. The standard InChI is InChI=1S/C11H18N2O4S/c1-9(2)18(16,17)12-7-10(14)8-13-6-4-3-5-11(13)15/h3-6,9-10,12,14H,7-8H2,1-2H3. The molecule has 0 spiro atoms. The number of hydrogen-bond acceptors (Lipinski definition) is 4. The number of aromatic nitrogens is 1. The third-order valence-corrected chi connectivity index (χ3v) is 4.26. The fraction of sp³-hybridized carbons (Fsp3) is 0.545. The molecule has 7 heteroatoms. The number of sulfonamides is 1. The molecule has 0 aliphatic rings. The average molecular weight is 274 g/mol. The lowest BCUT2D eigenvalue weighted by Crippen LogP contribution is -2.39. The highest BCUT2D eigenvalue weighted by Crippen LogP contribution is 1.97. The van der Waals surface area contributed by atoms with E-state index in [-0.39, 0.29) is 18.6 Å². The molecule has 1 rings (SSSR count). The summed E-state index contributed by atoms with van der Waals surface area (Å²) in [6.07, 6.45) is 0.598. The molecule has 102 valence electrons. The number of aliphatic hydroxyl groups excluding tert-OH is 1. The van der Waals surface area contributed by atoms with Crippen molar-refractivity contribution in [3.05, 3.63) is 34.7 Å². The molecule has 1 atom stereocenters. The highest BCUT2D eigenvalue weighted by molar-refractivity contribution is 7.90. The average Bonchev–Trinajstić information content (AvgIpc) is 2.29. The summed E-state index contributed by atoms with van der Waals surface area (Å²) in [5.74, 6) is 0. The molecule has 0 saturated carbocycles. The number of pyridine rings is 1. The van der Waals surface area contributed by atoms with Gasteiger partial charge in [0, 0.05) is 18.8 Å². The predicted octanol–water partition coefficient (Wildman–Crippen LogP) is -0.463. The number of aliphatic hydroxyl groups is 1. The van der Waals surface area contributed by atoms with Crippen molar-refractivity contribution >= 4 is 10.0 Å². The van der Waals surface area contributed by atoms with E-state index >= 15 is 0 Å². The molecule has 1 aromatic rings. The van der Waals surface area contributed by atoms with Gasteiger partial charge in [0.2, 0.25) is 10.0 Å². The molecule has 2 N–H and O–H groups in total. The Labute approximate surface area is 106 Å². The lowest BCUT2D eigenvalue weighted by Gasteiger charge is -2.14. The van der Waals surface area contributed by atoms with Crippen molar-refractivity contribution in [2.75, 3.05) is 6.54 Å². The topological polar surface area (TPSA) is 88.4 Å². The zero-order chi connectivity index (χ0) is 13.8. The molecule has 0 saturated heterocycles. The van der Waals surface area contributed by atoms with E-state index in [0.717, 1.165) is 0 Å². The summed E-state index contributed by atoms with van der Waals surface area (Å²) in [4.78, 5) is 11.4. The second-order valence-electron chi connectivity index (χ2n) is 4.29. The number of nitrogens with one attached hydrogen (secondary N) is 1. The van der Waals surface area contributed by atoms with Gasteiger partial charge in [-0.2, -0.15) is 0 Å². The summed E-state index contributed by atoms with van der Waals surface area (Å²) in [6.45, 7) is 3.05. The first-order valence-electron chi connectivity index (χ1n) is 5.65. The first-order valence-corrected chi connectivity index (χ1v) is 7.19. The molecule has 0 amide bonds. The first kappa shape index (κ1) is 14.9. The van der Waals surface area contributed by atoms with Crippen LogP contribution in [0.2, 0.25) is 0 Å². The van der Waals surface area contributed by atoms with Gasteiger partial charge in [0.25, 0.3) is 5.56 Å². The smallest absolute Gasteiger partial charge is 0.250 e. The molecule has 18 heavy (non-hydrogen) atoms. The number of hydrogen-bond donors (Lipinski definition) is 2. The van der Waals surface area contributed by atoms with E-state index in [1.165, 1.54) is 10.6 Å². The van der Waals surface area contributed by atoms with Gasteiger partial charge in [0.1, 0.15) is 0 Å². The number of nitrogens with zero attached hydrogens (tertiary/aromatic N) is 1. The Kier molecular flexibility index (Phi) is 5.06. The van der Waals surface area contributed by atoms with Crippen molar-refractivity contribution in [3.63, 3.8) is 0 Å². The van der Waals surface area contributed by atoms with E-state index in [1.807, 2.05) is 0 Å². The van der Waals surface area contributed by atoms with Crippen molar-refractivity contribution in [1.29, 1.82) is 0 Å². The van der Waals surface area contributed by atoms with Crippen LogP contribution in [0.4, 0.5) is 0 Å². The zero-order valence-electron chi connectivity index (χ0n) is 10.4. The Bertz CT molecular complexity index is 536. The molecule has 1 unspecified atom stereocenters. The summed E-state index contributed by atoms with van der Waals surface area (Å²) in [5, 5.41) is 9.13. The van der Waals surface area contributed by atoms with Crippen LogP contribution in [0.1, 0.15) is 13.8 Å². The minimum atomic E-state index is -3.39. The van der Waals surface area contributed by atoms with E-state index in [0.29, 0.717) is 0 Å². The molecular weight excluding hydrogens is 256 g/mol. The van der Waals surface area contributed by atoms with Gasteiger partial charge in [0.15, 0.2) is 0 Å². The Morgan fingerprint density at radius 3 is 2.61 bits per heavy atom. The fourth-order valence-corrected chi connectivity index (χ4v) is 2.04. The van der Waals surface area contributed by atoms with Crippen molar-refractivity contribution in [2.24, 2.45) is 0 Å². The van der Waals surface area contributed by atoms with Crippen LogP contribution < -0.4 is 10.3 Å². The van der Waals surface area contributed by atoms with Crippen LogP contribution in [0.15, 0.2) is 29.2 Å². The van der Waals surface area contributed by atoms with Gasteiger partial charge in [-0.05, 0) is 19.9 Å². The SMILES string of the molecule is CC(C)S(=O)(=O)NCC(O)Cn1ccccc1=O. The molecule has 0 aliphatic carbocycles. The highest BCUT2D eigenvalue weighted by Gasteiger charge is 2.17. The van der Waals surface area contributed by atoms with Crippen molar-refractivity contribution in [2.45, 2.75) is 31.7 Å². The Hall–Kier alpha value is -1.18. The molecule has 0 aliphatic heterocycles.